The zero-order chi connectivity index (χ0) is 20.5. The van der Waals surface area contributed by atoms with E-state index in [1.165, 1.54) is 7.05 Å². The SMILES string of the molecule is Cc1ccc(S(=O)(=O)N(C)c2ccc(Br)cc2C(=O)c2ccc(Cl)cc2)cc1. The summed E-state index contributed by atoms with van der Waals surface area (Å²) in [5.41, 5.74) is 1.95. The van der Waals surface area contributed by atoms with Crippen LogP contribution in [0, 0.1) is 6.92 Å². The molecule has 3 aromatic carbocycles. The molecule has 0 saturated carbocycles. The van der Waals surface area contributed by atoms with E-state index in [0.717, 1.165) is 9.87 Å². The van der Waals surface area contributed by atoms with Gasteiger partial charge in [0.25, 0.3) is 10.0 Å². The summed E-state index contributed by atoms with van der Waals surface area (Å²) >= 11 is 9.26. The second kappa shape index (κ2) is 8.07. The molecule has 7 heteroatoms. The quantitative estimate of drug-likeness (QED) is 0.457. The fourth-order valence-electron chi connectivity index (χ4n) is 2.72. The van der Waals surface area contributed by atoms with Crippen molar-refractivity contribution in [3.05, 3.63) is 92.9 Å². The number of rotatable bonds is 5. The van der Waals surface area contributed by atoms with Crippen LogP contribution < -0.4 is 4.31 Å². The maximum absolute atomic E-state index is 13.1. The number of nitrogens with zero attached hydrogens (tertiary/aromatic N) is 1. The molecule has 0 spiro atoms. The Morgan fingerprint density at radius 2 is 1.57 bits per heavy atom. The van der Waals surface area contributed by atoms with Crippen molar-refractivity contribution in [2.24, 2.45) is 0 Å². The van der Waals surface area contributed by atoms with Gasteiger partial charge in [0.2, 0.25) is 0 Å². The van der Waals surface area contributed by atoms with Gasteiger partial charge in [-0.2, -0.15) is 0 Å². The van der Waals surface area contributed by atoms with Crippen LogP contribution in [0.1, 0.15) is 21.5 Å². The van der Waals surface area contributed by atoms with E-state index in [0.29, 0.717) is 20.7 Å². The van der Waals surface area contributed by atoms with Gasteiger partial charge in [0.15, 0.2) is 5.78 Å². The first kappa shape index (κ1) is 20.6. The molecule has 0 aliphatic carbocycles. The molecule has 0 heterocycles. The number of anilines is 1. The van der Waals surface area contributed by atoms with Crippen molar-refractivity contribution in [3.63, 3.8) is 0 Å². The van der Waals surface area contributed by atoms with Gasteiger partial charge >= 0.3 is 0 Å². The largest absolute Gasteiger partial charge is 0.289 e. The number of benzene rings is 3. The van der Waals surface area contributed by atoms with E-state index < -0.39 is 10.0 Å². The monoisotopic (exact) mass is 477 g/mol. The van der Waals surface area contributed by atoms with E-state index in [1.54, 1.807) is 66.7 Å². The Morgan fingerprint density at radius 3 is 2.18 bits per heavy atom. The molecule has 3 aromatic rings. The minimum Gasteiger partial charge on any atom is -0.289 e. The maximum Gasteiger partial charge on any atom is 0.264 e. The van der Waals surface area contributed by atoms with Gasteiger partial charge in [-0.25, -0.2) is 8.42 Å². The first-order valence-corrected chi connectivity index (χ1v) is 11.0. The highest BCUT2D eigenvalue weighted by Gasteiger charge is 2.25. The van der Waals surface area contributed by atoms with Gasteiger partial charge in [-0.1, -0.05) is 45.2 Å². The molecule has 4 nitrogen and oxygen atoms in total. The van der Waals surface area contributed by atoms with Crippen molar-refractivity contribution >= 4 is 49.0 Å². The Kier molecular flexibility index (Phi) is 5.93. The molecule has 144 valence electrons. The predicted molar refractivity (Wildman–Crippen MR) is 116 cm³/mol. The molecule has 0 radical (unpaired) electrons. The zero-order valence-corrected chi connectivity index (χ0v) is 18.3. The highest BCUT2D eigenvalue weighted by Crippen LogP contribution is 2.30. The van der Waals surface area contributed by atoms with E-state index in [-0.39, 0.29) is 16.2 Å². The number of carbonyl (C=O) groups is 1. The Balaban J connectivity index is 2.08. The molecule has 0 fully saturated rings. The van der Waals surface area contributed by atoms with Crippen molar-refractivity contribution in [2.75, 3.05) is 11.4 Å². The molecule has 0 saturated heterocycles. The molecule has 0 aliphatic rings. The average molecular weight is 479 g/mol. The first-order valence-electron chi connectivity index (χ1n) is 8.35. The molecule has 0 amide bonds. The molecule has 0 atom stereocenters. The summed E-state index contributed by atoms with van der Waals surface area (Å²) in [5.74, 6) is -0.293. The number of hydrogen-bond donors (Lipinski definition) is 0. The van der Waals surface area contributed by atoms with Crippen LogP contribution in [0.25, 0.3) is 0 Å². The van der Waals surface area contributed by atoms with Crippen molar-refractivity contribution in [1.82, 2.24) is 0 Å². The second-order valence-electron chi connectivity index (χ2n) is 6.28. The summed E-state index contributed by atoms with van der Waals surface area (Å²) in [6.45, 7) is 1.89. The minimum absolute atomic E-state index is 0.161. The Bertz CT molecular complexity index is 1130. The van der Waals surface area contributed by atoms with E-state index in [1.807, 2.05) is 6.92 Å². The van der Waals surface area contributed by atoms with Crippen LogP contribution in [0.15, 0.2) is 76.1 Å². The van der Waals surface area contributed by atoms with Crippen LogP contribution in [0.3, 0.4) is 0 Å². The Labute approximate surface area is 177 Å². The van der Waals surface area contributed by atoms with Gasteiger partial charge in [0.05, 0.1) is 10.6 Å². The number of ketones is 1. The number of aryl methyl sites for hydroxylation is 1. The van der Waals surface area contributed by atoms with Crippen molar-refractivity contribution < 1.29 is 13.2 Å². The number of sulfonamides is 1. The van der Waals surface area contributed by atoms with Crippen LogP contribution in [0.5, 0.6) is 0 Å². The summed E-state index contributed by atoms with van der Waals surface area (Å²) in [7, 11) is -2.38. The van der Waals surface area contributed by atoms with Gasteiger partial charge in [-0.15, -0.1) is 0 Å². The molecule has 3 rings (SSSR count). The third-order valence-electron chi connectivity index (χ3n) is 4.33. The molecule has 0 bridgehead atoms. The van der Waals surface area contributed by atoms with Crippen LogP contribution in [0.4, 0.5) is 5.69 Å². The highest BCUT2D eigenvalue weighted by atomic mass is 79.9. The lowest BCUT2D eigenvalue weighted by atomic mass is 10.0. The Hall–Kier alpha value is -2.15. The summed E-state index contributed by atoms with van der Waals surface area (Å²) in [6.07, 6.45) is 0. The van der Waals surface area contributed by atoms with Crippen LogP contribution in [-0.2, 0) is 10.0 Å². The van der Waals surface area contributed by atoms with Gasteiger partial charge in [-0.3, -0.25) is 9.10 Å². The van der Waals surface area contributed by atoms with Gasteiger partial charge in [0, 0.05) is 27.7 Å². The van der Waals surface area contributed by atoms with Crippen molar-refractivity contribution in [1.29, 1.82) is 0 Å². The molecule has 28 heavy (non-hydrogen) atoms. The van der Waals surface area contributed by atoms with Gasteiger partial charge in [0.1, 0.15) is 0 Å². The molecule has 0 aliphatic heterocycles. The molecular weight excluding hydrogens is 462 g/mol. The molecular formula is C21H17BrClNO3S. The summed E-state index contributed by atoms with van der Waals surface area (Å²) in [4.78, 5) is 13.2. The van der Waals surface area contributed by atoms with Gasteiger partial charge in [-0.05, 0) is 61.5 Å². The standard InChI is InChI=1S/C21H17BrClNO3S/c1-14-3-10-18(11-4-14)28(26,27)24(2)20-12-7-16(22)13-19(20)21(25)15-5-8-17(23)9-6-15/h3-13H,1-2H3. The normalized spacial score (nSPS) is 11.3. The summed E-state index contributed by atoms with van der Waals surface area (Å²) in [5, 5.41) is 0.519. The lowest BCUT2D eigenvalue weighted by molar-refractivity contribution is 0.103. The highest BCUT2D eigenvalue weighted by molar-refractivity contribution is 9.10. The second-order valence-corrected chi connectivity index (χ2v) is 9.60. The van der Waals surface area contributed by atoms with Crippen LogP contribution in [-0.4, -0.2) is 21.2 Å². The summed E-state index contributed by atoms with van der Waals surface area (Å²) < 4.78 is 27.9. The van der Waals surface area contributed by atoms with E-state index in [4.69, 9.17) is 11.6 Å². The molecule has 0 N–H and O–H groups in total. The van der Waals surface area contributed by atoms with Crippen LogP contribution in [0.2, 0.25) is 5.02 Å². The topological polar surface area (TPSA) is 54.5 Å². The van der Waals surface area contributed by atoms with Gasteiger partial charge < -0.3 is 0 Å². The average Bonchev–Trinajstić information content (AvgIpc) is 2.67. The third-order valence-corrected chi connectivity index (χ3v) is 6.86. The minimum atomic E-state index is -3.82. The smallest absolute Gasteiger partial charge is 0.264 e. The first-order chi connectivity index (χ1) is 13.2. The lowest BCUT2D eigenvalue weighted by Gasteiger charge is -2.22. The number of halogens is 2. The maximum atomic E-state index is 13.1. The number of carbonyl (C=O) groups excluding carboxylic acids is 1. The molecule has 0 unspecified atom stereocenters. The predicted octanol–water partition coefficient (Wildman–Crippen LogP) is 5.47. The van der Waals surface area contributed by atoms with Crippen molar-refractivity contribution in [2.45, 2.75) is 11.8 Å². The zero-order valence-electron chi connectivity index (χ0n) is 15.2. The lowest BCUT2D eigenvalue weighted by Crippen LogP contribution is -2.28. The van der Waals surface area contributed by atoms with E-state index >= 15 is 0 Å². The Morgan fingerprint density at radius 1 is 0.964 bits per heavy atom. The van der Waals surface area contributed by atoms with Crippen LogP contribution >= 0.6 is 27.5 Å². The fourth-order valence-corrected chi connectivity index (χ4v) is 4.42. The number of hydrogen-bond acceptors (Lipinski definition) is 3. The van der Waals surface area contributed by atoms with E-state index in [9.17, 15) is 13.2 Å². The molecule has 0 aromatic heterocycles. The third kappa shape index (κ3) is 4.14. The van der Waals surface area contributed by atoms with Crippen molar-refractivity contribution in [3.8, 4) is 0 Å². The van der Waals surface area contributed by atoms with E-state index in [2.05, 4.69) is 15.9 Å². The fraction of sp³-hybridized carbons (Fsp3) is 0.0952. The summed E-state index contributed by atoms with van der Waals surface area (Å²) in [6, 6.07) is 18.0.